The Morgan fingerprint density at radius 3 is 2.60 bits per heavy atom. The van der Waals surface area contributed by atoms with Crippen molar-refractivity contribution in [1.82, 2.24) is 10.4 Å². The van der Waals surface area contributed by atoms with E-state index in [4.69, 9.17) is 33.3 Å². The van der Waals surface area contributed by atoms with Crippen molar-refractivity contribution < 1.29 is 19.1 Å². The number of rotatable bonds is 7. The number of ether oxygens (including phenoxy) is 2. The summed E-state index contributed by atoms with van der Waals surface area (Å²) in [4.78, 5) is 25.8. The highest BCUT2D eigenvalue weighted by Gasteiger charge is 2.33. The molecular formula is C26H21ClN2O4S2. The molecule has 0 spiro atoms. The van der Waals surface area contributed by atoms with Crippen LogP contribution in [0.25, 0.3) is 6.08 Å². The van der Waals surface area contributed by atoms with Gasteiger partial charge in [0.05, 0.1) is 12.0 Å². The summed E-state index contributed by atoms with van der Waals surface area (Å²) in [6, 6.07) is 19.9. The molecule has 1 aliphatic rings. The number of carbonyl (C=O) groups excluding carboxylic acids is 2. The summed E-state index contributed by atoms with van der Waals surface area (Å²) in [7, 11) is 1.56. The zero-order valence-corrected chi connectivity index (χ0v) is 21.3. The van der Waals surface area contributed by atoms with Gasteiger partial charge in [0.1, 0.15) is 6.61 Å². The van der Waals surface area contributed by atoms with Gasteiger partial charge in [0.15, 0.2) is 15.8 Å². The van der Waals surface area contributed by atoms with Crippen LogP contribution >= 0.6 is 35.6 Å². The van der Waals surface area contributed by atoms with Gasteiger partial charge in [-0.15, -0.1) is 0 Å². The third-order valence-corrected chi connectivity index (χ3v) is 6.63. The second-order valence-electron chi connectivity index (χ2n) is 7.65. The molecule has 1 heterocycles. The highest BCUT2D eigenvalue weighted by atomic mass is 35.5. The van der Waals surface area contributed by atoms with Gasteiger partial charge in [0, 0.05) is 10.6 Å². The molecule has 4 rings (SSSR count). The molecular weight excluding hydrogens is 504 g/mol. The van der Waals surface area contributed by atoms with Crippen molar-refractivity contribution in [1.29, 1.82) is 0 Å². The molecule has 0 saturated carbocycles. The average molecular weight is 525 g/mol. The van der Waals surface area contributed by atoms with Gasteiger partial charge < -0.3 is 9.47 Å². The maximum absolute atomic E-state index is 12.9. The molecule has 0 aliphatic carbocycles. The van der Waals surface area contributed by atoms with Crippen molar-refractivity contribution in [2.24, 2.45) is 0 Å². The Morgan fingerprint density at radius 1 is 1.11 bits per heavy atom. The number of hydrazine groups is 1. The van der Waals surface area contributed by atoms with E-state index in [-0.39, 0.29) is 4.32 Å². The Labute approximate surface area is 217 Å². The summed E-state index contributed by atoms with van der Waals surface area (Å²) in [5.41, 5.74) is 5.82. The molecule has 3 aromatic carbocycles. The van der Waals surface area contributed by atoms with Gasteiger partial charge in [0.2, 0.25) is 0 Å². The van der Waals surface area contributed by atoms with E-state index < -0.39 is 11.8 Å². The van der Waals surface area contributed by atoms with Crippen molar-refractivity contribution in [2.75, 3.05) is 7.11 Å². The Hall–Kier alpha value is -3.33. The Kier molecular flexibility index (Phi) is 7.75. The van der Waals surface area contributed by atoms with E-state index >= 15 is 0 Å². The first-order valence-corrected chi connectivity index (χ1v) is 12.1. The lowest BCUT2D eigenvalue weighted by Crippen LogP contribution is -2.44. The standard InChI is InChI=1S/C26H21ClN2O4S2/c1-16-6-8-17(9-7-16)15-33-21-11-10-18(12-22(21)32-2)13-23-25(31)29(26(34)35-23)28-24(30)19-4-3-5-20(27)14-19/h3-14H,15H2,1-2H3,(H,28,30)/b23-13-. The molecule has 1 N–H and O–H groups in total. The molecule has 9 heteroatoms. The van der Waals surface area contributed by atoms with Crippen molar-refractivity contribution in [3.8, 4) is 11.5 Å². The van der Waals surface area contributed by atoms with Crippen molar-refractivity contribution in [3.63, 3.8) is 0 Å². The maximum atomic E-state index is 12.9. The summed E-state index contributed by atoms with van der Waals surface area (Å²) in [5.74, 6) is 0.220. The minimum absolute atomic E-state index is 0.224. The van der Waals surface area contributed by atoms with E-state index in [9.17, 15) is 9.59 Å². The quantitative estimate of drug-likeness (QED) is 0.312. The van der Waals surface area contributed by atoms with E-state index in [1.54, 1.807) is 43.5 Å². The van der Waals surface area contributed by atoms with E-state index in [0.29, 0.717) is 33.6 Å². The van der Waals surface area contributed by atoms with Crippen LogP contribution in [0.15, 0.2) is 71.6 Å². The lowest BCUT2D eigenvalue weighted by molar-refractivity contribution is -0.123. The summed E-state index contributed by atoms with van der Waals surface area (Å²) in [5, 5.41) is 1.48. The number of thioether (sulfide) groups is 1. The number of nitrogens with zero attached hydrogens (tertiary/aromatic N) is 1. The molecule has 0 atom stereocenters. The number of amides is 2. The number of aryl methyl sites for hydroxylation is 1. The number of benzene rings is 3. The minimum atomic E-state index is -0.484. The first kappa shape index (κ1) is 24.8. The van der Waals surface area contributed by atoms with Crippen LogP contribution in [-0.4, -0.2) is 28.3 Å². The van der Waals surface area contributed by atoms with Crippen LogP contribution in [-0.2, 0) is 11.4 Å². The van der Waals surface area contributed by atoms with Gasteiger partial charge >= 0.3 is 0 Å². The number of hydrogen-bond donors (Lipinski definition) is 1. The number of thiocarbonyl (C=S) groups is 1. The van der Waals surface area contributed by atoms with Crippen LogP contribution < -0.4 is 14.9 Å². The molecule has 1 saturated heterocycles. The largest absolute Gasteiger partial charge is 0.493 e. The monoisotopic (exact) mass is 524 g/mol. The van der Waals surface area contributed by atoms with Crippen LogP contribution in [0.5, 0.6) is 11.5 Å². The van der Waals surface area contributed by atoms with Gasteiger partial charge in [-0.3, -0.25) is 15.0 Å². The minimum Gasteiger partial charge on any atom is -0.493 e. The van der Waals surface area contributed by atoms with Crippen LogP contribution in [0.4, 0.5) is 0 Å². The molecule has 1 aliphatic heterocycles. The van der Waals surface area contributed by atoms with Gasteiger partial charge in [-0.1, -0.05) is 65.3 Å². The third kappa shape index (κ3) is 6.03. The average Bonchev–Trinajstić information content (AvgIpc) is 3.11. The molecule has 1 fully saturated rings. The summed E-state index contributed by atoms with van der Waals surface area (Å²) >= 11 is 12.4. The van der Waals surface area contributed by atoms with Crippen LogP contribution in [0.1, 0.15) is 27.0 Å². The lowest BCUT2D eigenvalue weighted by Gasteiger charge is -2.15. The highest BCUT2D eigenvalue weighted by molar-refractivity contribution is 8.26. The molecule has 0 radical (unpaired) electrons. The first-order chi connectivity index (χ1) is 16.8. The van der Waals surface area contributed by atoms with Gasteiger partial charge in [-0.25, -0.2) is 0 Å². The number of hydrogen-bond acceptors (Lipinski definition) is 6. The van der Waals surface area contributed by atoms with Crippen LogP contribution in [0, 0.1) is 6.92 Å². The SMILES string of the molecule is COc1cc(/C=C2\SC(=S)N(NC(=O)c3cccc(Cl)c3)C2=O)ccc1OCc1ccc(C)cc1. The molecule has 3 aromatic rings. The fourth-order valence-corrected chi connectivity index (χ4v) is 4.62. The topological polar surface area (TPSA) is 67.9 Å². The zero-order valence-electron chi connectivity index (χ0n) is 18.9. The van der Waals surface area contributed by atoms with Gasteiger partial charge in [-0.05, 0) is 66.7 Å². The van der Waals surface area contributed by atoms with Crippen molar-refractivity contribution in [3.05, 3.63) is 98.9 Å². The lowest BCUT2D eigenvalue weighted by atomic mass is 10.1. The van der Waals surface area contributed by atoms with E-state index in [1.165, 1.54) is 11.6 Å². The molecule has 0 aromatic heterocycles. The maximum Gasteiger partial charge on any atom is 0.285 e. The van der Waals surface area contributed by atoms with Crippen LogP contribution in [0.2, 0.25) is 5.02 Å². The van der Waals surface area contributed by atoms with Crippen LogP contribution in [0.3, 0.4) is 0 Å². The molecule has 35 heavy (non-hydrogen) atoms. The van der Waals surface area contributed by atoms with E-state index in [1.807, 2.05) is 37.3 Å². The second-order valence-corrected chi connectivity index (χ2v) is 9.77. The van der Waals surface area contributed by atoms with Gasteiger partial charge in [-0.2, -0.15) is 5.01 Å². The number of nitrogens with one attached hydrogen (secondary N) is 1. The number of methoxy groups -OCH3 is 1. The zero-order chi connectivity index (χ0) is 24.9. The molecule has 0 bridgehead atoms. The Bertz CT molecular complexity index is 1330. The highest BCUT2D eigenvalue weighted by Crippen LogP contribution is 2.34. The molecule has 178 valence electrons. The third-order valence-electron chi connectivity index (χ3n) is 5.09. The normalized spacial score (nSPS) is 14.4. The number of carbonyl (C=O) groups is 2. The van der Waals surface area contributed by atoms with E-state index in [2.05, 4.69) is 5.43 Å². The summed E-state index contributed by atoms with van der Waals surface area (Å²) in [6.45, 7) is 2.44. The summed E-state index contributed by atoms with van der Waals surface area (Å²) in [6.07, 6.45) is 1.69. The smallest absolute Gasteiger partial charge is 0.285 e. The van der Waals surface area contributed by atoms with E-state index in [0.717, 1.165) is 27.9 Å². The Morgan fingerprint density at radius 2 is 1.89 bits per heavy atom. The first-order valence-electron chi connectivity index (χ1n) is 10.5. The predicted molar refractivity (Wildman–Crippen MR) is 142 cm³/mol. The van der Waals surface area contributed by atoms with Gasteiger partial charge in [0.25, 0.3) is 11.8 Å². The molecule has 0 unspecified atom stereocenters. The molecule has 6 nitrogen and oxygen atoms in total. The fraction of sp³-hybridized carbons (Fsp3) is 0.115. The fourth-order valence-electron chi connectivity index (χ4n) is 3.25. The van der Waals surface area contributed by atoms with Crippen molar-refractivity contribution in [2.45, 2.75) is 13.5 Å². The molecule has 2 amide bonds. The van der Waals surface area contributed by atoms with Crippen molar-refractivity contribution >= 4 is 57.8 Å². The number of halogens is 1. The second kappa shape index (κ2) is 10.9. The Balaban J connectivity index is 1.46. The predicted octanol–water partition coefficient (Wildman–Crippen LogP) is 5.78. The summed E-state index contributed by atoms with van der Waals surface area (Å²) < 4.78 is 11.6.